The van der Waals surface area contributed by atoms with Crippen molar-refractivity contribution in [1.29, 1.82) is 0 Å². The van der Waals surface area contributed by atoms with Crippen LogP contribution >= 0.6 is 0 Å². The van der Waals surface area contributed by atoms with Crippen LogP contribution < -0.4 is 0 Å². The van der Waals surface area contributed by atoms with Gasteiger partial charge >= 0.3 is 5.97 Å². The molecule has 0 aromatic heterocycles. The number of aliphatic carboxylic acids is 1. The lowest BCUT2D eigenvalue weighted by molar-refractivity contribution is -0.137. The van der Waals surface area contributed by atoms with E-state index < -0.39 is 16.0 Å². The summed E-state index contributed by atoms with van der Waals surface area (Å²) < 4.78 is 26.9. The molecule has 116 valence electrons. The molecule has 5 nitrogen and oxygen atoms in total. The minimum atomic E-state index is -3.48. The van der Waals surface area contributed by atoms with Crippen molar-refractivity contribution in [3.8, 4) is 0 Å². The lowest BCUT2D eigenvalue weighted by Crippen LogP contribution is -2.40. The second kappa shape index (κ2) is 6.58. The van der Waals surface area contributed by atoms with Crippen LogP contribution in [0.25, 0.3) is 0 Å². The molecule has 1 aliphatic rings. The maximum atomic E-state index is 12.7. The first-order valence-electron chi connectivity index (χ1n) is 7.19. The third-order valence-corrected chi connectivity index (χ3v) is 5.98. The third kappa shape index (κ3) is 3.83. The average Bonchev–Trinajstić information content (AvgIpc) is 2.45. The van der Waals surface area contributed by atoms with E-state index in [1.165, 1.54) is 4.31 Å². The third-order valence-electron chi connectivity index (χ3n) is 3.96. The standard InChI is InChI=1S/C15H21NO4S/c1-12-5-2-3-7-14(12)21(19,20)16-10-4-6-13(11-16)8-9-15(17)18/h2-3,5,7,13H,4,6,8-11H2,1H3,(H,17,18)/t13-/m1/s1. The summed E-state index contributed by atoms with van der Waals surface area (Å²) in [5.41, 5.74) is 0.741. The fraction of sp³-hybridized carbons (Fsp3) is 0.533. The number of sulfonamides is 1. The molecule has 0 amide bonds. The number of carboxylic acids is 1. The van der Waals surface area contributed by atoms with E-state index in [0.29, 0.717) is 24.4 Å². The van der Waals surface area contributed by atoms with Crippen LogP contribution in [0.15, 0.2) is 29.2 Å². The topological polar surface area (TPSA) is 74.7 Å². The molecule has 1 N–H and O–H groups in total. The number of aryl methyl sites for hydroxylation is 1. The van der Waals surface area contributed by atoms with E-state index in [1.807, 2.05) is 6.07 Å². The summed E-state index contributed by atoms with van der Waals surface area (Å²) in [4.78, 5) is 11.0. The highest BCUT2D eigenvalue weighted by atomic mass is 32.2. The van der Waals surface area contributed by atoms with Crippen LogP contribution in [0.3, 0.4) is 0 Å². The molecule has 0 radical (unpaired) electrons. The van der Waals surface area contributed by atoms with Crippen LogP contribution in [0.1, 0.15) is 31.2 Å². The number of hydrogen-bond donors (Lipinski definition) is 1. The first-order chi connectivity index (χ1) is 9.91. The molecule has 21 heavy (non-hydrogen) atoms. The van der Waals surface area contributed by atoms with Crippen molar-refractivity contribution in [2.45, 2.75) is 37.5 Å². The SMILES string of the molecule is Cc1ccccc1S(=O)(=O)N1CCC[C@H](CCC(=O)O)C1. The predicted octanol–water partition coefficient (Wildman–Crippen LogP) is 2.26. The molecule has 2 rings (SSSR count). The summed E-state index contributed by atoms with van der Waals surface area (Å²) in [5.74, 6) is -0.692. The Bertz CT molecular complexity index is 612. The van der Waals surface area contributed by atoms with E-state index in [4.69, 9.17) is 5.11 Å². The van der Waals surface area contributed by atoms with Crippen LogP contribution in [0, 0.1) is 12.8 Å². The molecule has 1 aliphatic heterocycles. The summed E-state index contributed by atoms with van der Waals surface area (Å²) in [5, 5.41) is 8.75. The first kappa shape index (κ1) is 16.0. The summed E-state index contributed by atoms with van der Waals surface area (Å²) in [6.07, 6.45) is 2.32. The van der Waals surface area contributed by atoms with Gasteiger partial charge in [-0.25, -0.2) is 8.42 Å². The van der Waals surface area contributed by atoms with E-state index in [9.17, 15) is 13.2 Å². The molecule has 0 bridgehead atoms. The first-order valence-corrected chi connectivity index (χ1v) is 8.63. The van der Waals surface area contributed by atoms with Crippen molar-refractivity contribution in [3.63, 3.8) is 0 Å². The lowest BCUT2D eigenvalue weighted by atomic mass is 9.95. The normalized spacial score (nSPS) is 20.3. The van der Waals surface area contributed by atoms with Crippen molar-refractivity contribution in [2.75, 3.05) is 13.1 Å². The zero-order valence-electron chi connectivity index (χ0n) is 12.2. The van der Waals surface area contributed by atoms with Gasteiger partial charge in [0.05, 0.1) is 4.90 Å². The van der Waals surface area contributed by atoms with Crippen molar-refractivity contribution in [1.82, 2.24) is 4.31 Å². The van der Waals surface area contributed by atoms with E-state index >= 15 is 0 Å². The fourth-order valence-corrected chi connectivity index (χ4v) is 4.57. The Hall–Kier alpha value is -1.40. The Morgan fingerprint density at radius 2 is 2.10 bits per heavy atom. The molecular formula is C15H21NO4S. The quantitative estimate of drug-likeness (QED) is 0.905. The smallest absolute Gasteiger partial charge is 0.303 e. The van der Waals surface area contributed by atoms with E-state index in [0.717, 1.165) is 18.4 Å². The van der Waals surface area contributed by atoms with Crippen molar-refractivity contribution in [2.24, 2.45) is 5.92 Å². The Kier molecular flexibility index (Phi) is 5.00. The summed E-state index contributed by atoms with van der Waals surface area (Å²) in [6, 6.07) is 6.97. The maximum Gasteiger partial charge on any atom is 0.303 e. The van der Waals surface area contributed by atoms with Gasteiger partial charge in [0.1, 0.15) is 0 Å². The van der Waals surface area contributed by atoms with Crippen LogP contribution in [0.4, 0.5) is 0 Å². The van der Waals surface area contributed by atoms with Crippen LogP contribution in [-0.2, 0) is 14.8 Å². The Morgan fingerprint density at radius 3 is 2.76 bits per heavy atom. The molecule has 0 spiro atoms. The van der Waals surface area contributed by atoms with Crippen molar-refractivity contribution >= 4 is 16.0 Å². The number of benzene rings is 1. The zero-order valence-corrected chi connectivity index (χ0v) is 13.0. The van der Waals surface area contributed by atoms with Gasteiger partial charge in [0.2, 0.25) is 10.0 Å². The second-order valence-corrected chi connectivity index (χ2v) is 7.48. The van der Waals surface area contributed by atoms with Crippen LogP contribution in [0.5, 0.6) is 0 Å². The Balaban J connectivity index is 2.13. The van der Waals surface area contributed by atoms with E-state index in [-0.39, 0.29) is 12.3 Å². The van der Waals surface area contributed by atoms with Gasteiger partial charge in [0.25, 0.3) is 0 Å². The van der Waals surface area contributed by atoms with Gasteiger partial charge in [-0.1, -0.05) is 18.2 Å². The van der Waals surface area contributed by atoms with Crippen LogP contribution in [0.2, 0.25) is 0 Å². The van der Waals surface area contributed by atoms with Crippen molar-refractivity contribution < 1.29 is 18.3 Å². The fourth-order valence-electron chi connectivity index (χ4n) is 2.79. The van der Waals surface area contributed by atoms with Gasteiger partial charge in [0, 0.05) is 19.5 Å². The molecule has 1 aromatic carbocycles. The molecule has 1 atom stereocenters. The van der Waals surface area contributed by atoms with Gasteiger partial charge in [-0.15, -0.1) is 0 Å². The Labute approximate surface area is 125 Å². The average molecular weight is 311 g/mol. The summed E-state index contributed by atoms with van der Waals surface area (Å²) >= 11 is 0. The molecule has 1 aromatic rings. The number of rotatable bonds is 5. The maximum absolute atomic E-state index is 12.7. The van der Waals surface area contributed by atoms with Gasteiger partial charge in [-0.3, -0.25) is 4.79 Å². The molecule has 1 saturated heterocycles. The summed E-state index contributed by atoms with van der Waals surface area (Å²) in [6.45, 7) is 2.73. The number of piperidine rings is 1. The van der Waals surface area contributed by atoms with E-state index in [1.54, 1.807) is 25.1 Å². The molecule has 0 saturated carbocycles. The van der Waals surface area contributed by atoms with Crippen LogP contribution in [-0.4, -0.2) is 36.9 Å². The van der Waals surface area contributed by atoms with Gasteiger partial charge in [-0.05, 0) is 43.7 Å². The highest BCUT2D eigenvalue weighted by Crippen LogP contribution is 2.27. The molecule has 6 heteroatoms. The minimum absolute atomic E-state index is 0.100. The highest BCUT2D eigenvalue weighted by Gasteiger charge is 2.31. The molecule has 0 unspecified atom stereocenters. The number of carbonyl (C=O) groups is 1. The Morgan fingerprint density at radius 1 is 1.38 bits per heavy atom. The molecular weight excluding hydrogens is 290 g/mol. The highest BCUT2D eigenvalue weighted by molar-refractivity contribution is 7.89. The minimum Gasteiger partial charge on any atom is -0.481 e. The number of carboxylic acid groups (broad SMARTS) is 1. The number of hydrogen-bond acceptors (Lipinski definition) is 3. The van der Waals surface area contributed by atoms with Gasteiger partial charge in [-0.2, -0.15) is 4.31 Å². The van der Waals surface area contributed by atoms with E-state index in [2.05, 4.69) is 0 Å². The number of nitrogens with zero attached hydrogens (tertiary/aromatic N) is 1. The molecule has 0 aliphatic carbocycles. The zero-order chi connectivity index (χ0) is 15.5. The molecule has 1 fully saturated rings. The molecule has 1 heterocycles. The second-order valence-electron chi connectivity index (χ2n) is 5.57. The summed E-state index contributed by atoms with van der Waals surface area (Å²) in [7, 11) is -3.48. The predicted molar refractivity (Wildman–Crippen MR) is 79.5 cm³/mol. The lowest BCUT2D eigenvalue weighted by Gasteiger charge is -2.32. The van der Waals surface area contributed by atoms with Crippen molar-refractivity contribution in [3.05, 3.63) is 29.8 Å². The monoisotopic (exact) mass is 311 g/mol. The van der Waals surface area contributed by atoms with Gasteiger partial charge in [0.15, 0.2) is 0 Å². The van der Waals surface area contributed by atoms with Gasteiger partial charge < -0.3 is 5.11 Å². The largest absolute Gasteiger partial charge is 0.481 e.